The molecule has 1 aromatic heterocycles. The first-order valence-electron chi connectivity index (χ1n) is 12.7. The van der Waals surface area contributed by atoms with Crippen LogP contribution in [0.2, 0.25) is 0 Å². The maximum Gasteiger partial charge on any atom is 0.243 e. The van der Waals surface area contributed by atoms with Crippen molar-refractivity contribution in [2.24, 2.45) is 0 Å². The van der Waals surface area contributed by atoms with Gasteiger partial charge in [0.05, 0.1) is 44.6 Å². The fraction of sp³-hybridized carbons (Fsp3) is 0.393. The molecule has 0 atom stereocenters. The number of nitrogens with zero attached hydrogens (tertiary/aromatic N) is 3. The van der Waals surface area contributed by atoms with Gasteiger partial charge in [0.25, 0.3) is 0 Å². The number of morpholine rings is 1. The first-order valence-corrected chi connectivity index (χ1v) is 14.2. The standard InChI is InChI=1S/C28H35N3O6S/c1-35-25-9-11-27(12-10-25)38(33,34)31(16-15-29-17-20-36-21-18-29)23-28(32)30(22-26-8-5-19-37-26)14-13-24-6-3-2-4-7-24/h2-12,19H,13-18,20-23H2,1H3. The normalized spacial score (nSPS) is 14.5. The van der Waals surface area contributed by atoms with Crippen molar-refractivity contribution in [2.45, 2.75) is 17.9 Å². The summed E-state index contributed by atoms with van der Waals surface area (Å²) in [7, 11) is -2.41. The van der Waals surface area contributed by atoms with E-state index in [0.717, 1.165) is 18.7 Å². The molecule has 0 aliphatic carbocycles. The molecular weight excluding hydrogens is 506 g/mol. The van der Waals surface area contributed by atoms with Crippen molar-refractivity contribution in [2.75, 3.05) is 59.6 Å². The first kappa shape index (κ1) is 27.8. The van der Waals surface area contributed by atoms with Crippen LogP contribution in [0.3, 0.4) is 0 Å². The summed E-state index contributed by atoms with van der Waals surface area (Å²) in [5.74, 6) is 0.922. The minimum absolute atomic E-state index is 0.120. The van der Waals surface area contributed by atoms with E-state index in [4.69, 9.17) is 13.9 Å². The van der Waals surface area contributed by atoms with Crippen LogP contribution in [0, 0.1) is 0 Å². The molecule has 0 bridgehead atoms. The van der Waals surface area contributed by atoms with Gasteiger partial charge in [-0.3, -0.25) is 9.69 Å². The molecule has 1 aliphatic heterocycles. The number of methoxy groups -OCH3 is 1. The molecule has 3 aromatic rings. The Morgan fingerprint density at radius 2 is 1.71 bits per heavy atom. The number of hydrogen-bond acceptors (Lipinski definition) is 7. The van der Waals surface area contributed by atoms with Crippen LogP contribution in [-0.2, 0) is 32.5 Å². The number of sulfonamides is 1. The van der Waals surface area contributed by atoms with E-state index in [1.54, 1.807) is 29.4 Å². The molecule has 2 aromatic carbocycles. The molecular formula is C28H35N3O6S. The number of hydrogen-bond donors (Lipinski definition) is 0. The van der Waals surface area contributed by atoms with Crippen molar-refractivity contribution in [3.05, 3.63) is 84.3 Å². The summed E-state index contributed by atoms with van der Waals surface area (Å²) < 4.78 is 44.8. The summed E-state index contributed by atoms with van der Waals surface area (Å²) in [6.45, 7) is 3.80. The average molecular weight is 542 g/mol. The van der Waals surface area contributed by atoms with E-state index >= 15 is 0 Å². The molecule has 0 spiro atoms. The Bertz CT molecular complexity index is 1230. The van der Waals surface area contributed by atoms with Crippen molar-refractivity contribution in [3.8, 4) is 5.75 Å². The van der Waals surface area contributed by atoms with Gasteiger partial charge in [0.15, 0.2) is 0 Å². The third kappa shape index (κ3) is 7.67. The second-order valence-electron chi connectivity index (χ2n) is 9.10. The van der Waals surface area contributed by atoms with Crippen LogP contribution in [0.5, 0.6) is 5.75 Å². The Kier molecular flexibility index (Phi) is 9.94. The number of ether oxygens (including phenoxy) is 2. The van der Waals surface area contributed by atoms with E-state index < -0.39 is 10.0 Å². The highest BCUT2D eigenvalue weighted by atomic mass is 32.2. The van der Waals surface area contributed by atoms with Crippen molar-refractivity contribution in [3.63, 3.8) is 0 Å². The van der Waals surface area contributed by atoms with Gasteiger partial charge in [-0.05, 0) is 48.4 Å². The molecule has 0 N–H and O–H groups in total. The van der Waals surface area contributed by atoms with Gasteiger partial charge in [-0.2, -0.15) is 4.31 Å². The molecule has 1 fully saturated rings. The number of benzene rings is 2. The lowest BCUT2D eigenvalue weighted by Crippen LogP contribution is -2.47. The summed E-state index contributed by atoms with van der Waals surface area (Å²) in [5.41, 5.74) is 1.10. The molecule has 1 amide bonds. The van der Waals surface area contributed by atoms with E-state index in [-0.39, 0.29) is 30.4 Å². The smallest absolute Gasteiger partial charge is 0.243 e. The highest BCUT2D eigenvalue weighted by Gasteiger charge is 2.29. The van der Waals surface area contributed by atoms with E-state index in [1.165, 1.54) is 23.5 Å². The van der Waals surface area contributed by atoms with E-state index in [0.29, 0.717) is 44.2 Å². The van der Waals surface area contributed by atoms with E-state index in [1.807, 2.05) is 36.4 Å². The summed E-state index contributed by atoms with van der Waals surface area (Å²) in [4.78, 5) is 17.6. The third-order valence-corrected chi connectivity index (χ3v) is 8.43. The fourth-order valence-electron chi connectivity index (χ4n) is 4.30. The highest BCUT2D eigenvalue weighted by Crippen LogP contribution is 2.20. The van der Waals surface area contributed by atoms with Crippen LogP contribution in [0.1, 0.15) is 11.3 Å². The van der Waals surface area contributed by atoms with Crippen LogP contribution < -0.4 is 4.74 Å². The SMILES string of the molecule is COc1ccc(S(=O)(=O)N(CCN2CCOCC2)CC(=O)N(CCc2ccccc2)Cc2ccco2)cc1. The van der Waals surface area contributed by atoms with Crippen molar-refractivity contribution >= 4 is 15.9 Å². The zero-order chi connectivity index (χ0) is 26.8. The molecule has 1 saturated heterocycles. The number of carbonyl (C=O) groups is 1. The average Bonchev–Trinajstić information content (AvgIpc) is 3.47. The monoisotopic (exact) mass is 541 g/mol. The van der Waals surface area contributed by atoms with Crippen LogP contribution in [0.25, 0.3) is 0 Å². The quantitative estimate of drug-likeness (QED) is 0.329. The lowest BCUT2D eigenvalue weighted by molar-refractivity contribution is -0.132. The predicted octanol–water partition coefficient (Wildman–Crippen LogP) is 2.88. The Morgan fingerprint density at radius 1 is 0.974 bits per heavy atom. The van der Waals surface area contributed by atoms with Crippen LogP contribution in [0.4, 0.5) is 0 Å². The Hall–Kier alpha value is -3.18. The second kappa shape index (κ2) is 13.6. The molecule has 204 valence electrons. The van der Waals surface area contributed by atoms with Crippen LogP contribution in [-0.4, -0.2) is 88.0 Å². The highest BCUT2D eigenvalue weighted by molar-refractivity contribution is 7.89. The number of furan rings is 1. The fourth-order valence-corrected chi connectivity index (χ4v) is 5.68. The molecule has 10 heteroatoms. The van der Waals surface area contributed by atoms with Gasteiger partial charge in [0, 0.05) is 32.7 Å². The Morgan fingerprint density at radius 3 is 2.37 bits per heavy atom. The lowest BCUT2D eigenvalue weighted by atomic mass is 10.1. The Labute approximate surface area is 224 Å². The van der Waals surface area contributed by atoms with Crippen molar-refractivity contribution < 1.29 is 27.1 Å². The maximum atomic E-state index is 13.7. The first-order chi connectivity index (χ1) is 18.5. The lowest BCUT2D eigenvalue weighted by Gasteiger charge is -2.31. The number of amides is 1. The molecule has 0 saturated carbocycles. The molecule has 38 heavy (non-hydrogen) atoms. The molecule has 9 nitrogen and oxygen atoms in total. The second-order valence-corrected chi connectivity index (χ2v) is 11.0. The van der Waals surface area contributed by atoms with Gasteiger partial charge >= 0.3 is 0 Å². The van der Waals surface area contributed by atoms with Gasteiger partial charge < -0.3 is 18.8 Å². The largest absolute Gasteiger partial charge is 0.497 e. The van der Waals surface area contributed by atoms with Crippen LogP contribution in [0.15, 0.2) is 82.3 Å². The Balaban J connectivity index is 1.53. The van der Waals surface area contributed by atoms with Gasteiger partial charge in [-0.1, -0.05) is 30.3 Å². The number of rotatable bonds is 13. The zero-order valence-electron chi connectivity index (χ0n) is 21.7. The van der Waals surface area contributed by atoms with E-state index in [9.17, 15) is 13.2 Å². The third-order valence-electron chi connectivity index (χ3n) is 6.57. The van der Waals surface area contributed by atoms with Crippen molar-refractivity contribution in [1.82, 2.24) is 14.1 Å². The predicted molar refractivity (Wildman–Crippen MR) is 143 cm³/mol. The maximum absolute atomic E-state index is 13.7. The minimum atomic E-state index is -3.94. The number of carbonyl (C=O) groups excluding carboxylic acids is 1. The summed E-state index contributed by atoms with van der Waals surface area (Å²) in [6.07, 6.45) is 2.21. The van der Waals surface area contributed by atoms with E-state index in [2.05, 4.69) is 4.90 Å². The zero-order valence-corrected chi connectivity index (χ0v) is 22.5. The molecule has 2 heterocycles. The molecule has 0 unspecified atom stereocenters. The van der Waals surface area contributed by atoms with Gasteiger partial charge in [0.2, 0.25) is 15.9 Å². The summed E-state index contributed by atoms with van der Waals surface area (Å²) in [5, 5.41) is 0. The molecule has 1 aliphatic rings. The van der Waals surface area contributed by atoms with Gasteiger partial charge in [-0.25, -0.2) is 8.42 Å². The van der Waals surface area contributed by atoms with Crippen LogP contribution >= 0.6 is 0 Å². The summed E-state index contributed by atoms with van der Waals surface area (Å²) >= 11 is 0. The van der Waals surface area contributed by atoms with Gasteiger partial charge in [0.1, 0.15) is 11.5 Å². The van der Waals surface area contributed by atoms with Crippen molar-refractivity contribution in [1.29, 1.82) is 0 Å². The summed E-state index contributed by atoms with van der Waals surface area (Å²) in [6, 6.07) is 19.7. The minimum Gasteiger partial charge on any atom is -0.497 e. The topological polar surface area (TPSA) is 92.5 Å². The van der Waals surface area contributed by atoms with Gasteiger partial charge in [-0.15, -0.1) is 0 Å². The molecule has 4 rings (SSSR count). The molecule has 0 radical (unpaired) electrons.